The molecule has 1 rings (SSSR count). The van der Waals surface area contributed by atoms with Crippen molar-refractivity contribution in [1.29, 1.82) is 0 Å². The van der Waals surface area contributed by atoms with Gasteiger partial charge < -0.3 is 0 Å². The molecule has 0 unspecified atom stereocenters. The molecule has 0 bridgehead atoms. The summed E-state index contributed by atoms with van der Waals surface area (Å²) in [5.74, 6) is 0. The zero-order valence-corrected chi connectivity index (χ0v) is 6.68. The van der Waals surface area contributed by atoms with Crippen molar-refractivity contribution >= 4 is 0 Å². The minimum Gasteiger partial charge on any atom is -0.299 e. The summed E-state index contributed by atoms with van der Waals surface area (Å²) in [7, 11) is 0. The van der Waals surface area contributed by atoms with Gasteiger partial charge in [-0.1, -0.05) is 19.8 Å². The van der Waals surface area contributed by atoms with Gasteiger partial charge in [0.1, 0.15) is 0 Å². The molecule has 0 aliphatic carbocycles. The van der Waals surface area contributed by atoms with Gasteiger partial charge in [-0.2, -0.15) is 0 Å². The molecule has 0 N–H and O–H groups in total. The van der Waals surface area contributed by atoms with Crippen molar-refractivity contribution in [2.75, 3.05) is 13.1 Å². The van der Waals surface area contributed by atoms with Gasteiger partial charge in [-0.25, -0.2) is 0 Å². The van der Waals surface area contributed by atoms with Crippen LogP contribution in [0.3, 0.4) is 0 Å². The van der Waals surface area contributed by atoms with Gasteiger partial charge in [0, 0.05) is 6.54 Å². The summed E-state index contributed by atoms with van der Waals surface area (Å²) in [6.07, 6.45) is 6.38. The van der Waals surface area contributed by atoms with E-state index < -0.39 is 0 Å². The Morgan fingerprint density at radius 3 is 2.50 bits per heavy atom. The van der Waals surface area contributed by atoms with Crippen LogP contribution in [0.4, 0.5) is 0 Å². The fourth-order valence-electron chi connectivity index (χ4n) is 1.37. The van der Waals surface area contributed by atoms with E-state index in [4.69, 9.17) is 0 Å². The van der Waals surface area contributed by atoms with Crippen LogP contribution in [0, 0.1) is 13.5 Å². The van der Waals surface area contributed by atoms with Crippen LogP contribution in [-0.4, -0.2) is 18.0 Å². The second-order valence-corrected chi connectivity index (χ2v) is 2.92. The van der Waals surface area contributed by atoms with E-state index in [1.54, 1.807) is 0 Å². The van der Waals surface area contributed by atoms with Crippen molar-refractivity contribution in [3.63, 3.8) is 0 Å². The van der Waals surface area contributed by atoms with E-state index >= 15 is 0 Å². The highest BCUT2D eigenvalue weighted by molar-refractivity contribution is 4.72. The second-order valence-electron chi connectivity index (χ2n) is 2.92. The molecular formula is C9H17N. The van der Waals surface area contributed by atoms with Crippen LogP contribution in [0.15, 0.2) is 0 Å². The zero-order valence-electron chi connectivity index (χ0n) is 6.68. The second kappa shape index (κ2) is 4.73. The fraction of sp³-hybridized carbons (Fsp3) is 0.778. The van der Waals surface area contributed by atoms with Crippen LogP contribution < -0.4 is 0 Å². The van der Waals surface area contributed by atoms with E-state index in [-0.39, 0.29) is 0 Å². The van der Waals surface area contributed by atoms with Crippen molar-refractivity contribution in [2.45, 2.75) is 32.1 Å². The third-order valence-corrected chi connectivity index (χ3v) is 1.98. The average Bonchev–Trinajstić information content (AvgIpc) is 2.03. The summed E-state index contributed by atoms with van der Waals surface area (Å²) in [6.45, 7) is 8.68. The Labute approximate surface area is 64.4 Å². The van der Waals surface area contributed by atoms with E-state index in [1.807, 2.05) is 0 Å². The summed E-state index contributed by atoms with van der Waals surface area (Å²) in [4.78, 5) is 2.44. The molecule has 1 heterocycles. The topological polar surface area (TPSA) is 3.24 Å². The maximum Gasteiger partial charge on any atom is 0.0251 e. The lowest BCUT2D eigenvalue weighted by Crippen LogP contribution is -2.26. The average molecular weight is 139 g/mol. The van der Waals surface area contributed by atoms with Crippen LogP contribution in [0.25, 0.3) is 0 Å². The number of rotatable bonds is 3. The van der Waals surface area contributed by atoms with Crippen LogP contribution >= 0.6 is 0 Å². The van der Waals surface area contributed by atoms with Crippen molar-refractivity contribution in [2.24, 2.45) is 0 Å². The number of hydrogen-bond donors (Lipinski definition) is 0. The lowest BCUT2D eigenvalue weighted by Gasteiger charge is -2.25. The Morgan fingerprint density at radius 2 is 1.90 bits per heavy atom. The van der Waals surface area contributed by atoms with E-state index in [1.165, 1.54) is 32.4 Å². The standard InChI is InChI=1S/C9H17N/c1-2-3-7-10-8-5-4-6-9-10/h7H,1-6,8-9H2. The van der Waals surface area contributed by atoms with E-state index in [0.29, 0.717) is 0 Å². The van der Waals surface area contributed by atoms with Gasteiger partial charge in [-0.05, 0) is 32.4 Å². The Kier molecular flexibility index (Phi) is 3.81. The highest BCUT2D eigenvalue weighted by atomic mass is 15.1. The molecular weight excluding hydrogens is 122 g/mol. The molecule has 1 saturated heterocycles. The van der Waals surface area contributed by atoms with Crippen LogP contribution in [0.1, 0.15) is 32.1 Å². The lowest BCUT2D eigenvalue weighted by molar-refractivity contribution is 0.270. The number of likely N-dealkylation sites (tertiary alicyclic amines) is 1. The van der Waals surface area contributed by atoms with Crippen molar-refractivity contribution in [1.82, 2.24) is 4.90 Å². The number of piperidine rings is 1. The Morgan fingerprint density at radius 1 is 1.20 bits per heavy atom. The molecule has 0 aromatic rings. The molecule has 0 atom stereocenters. The molecule has 2 radical (unpaired) electrons. The molecule has 1 heteroatoms. The van der Waals surface area contributed by atoms with Crippen LogP contribution in [0.5, 0.6) is 0 Å². The van der Waals surface area contributed by atoms with Gasteiger partial charge in [-0.3, -0.25) is 4.90 Å². The first kappa shape index (κ1) is 8.06. The summed E-state index contributed by atoms with van der Waals surface area (Å²) in [5, 5.41) is 0. The fourth-order valence-corrected chi connectivity index (χ4v) is 1.37. The first-order chi connectivity index (χ1) is 4.93. The molecule has 10 heavy (non-hydrogen) atoms. The highest BCUT2D eigenvalue weighted by Gasteiger charge is 2.08. The van der Waals surface area contributed by atoms with Gasteiger partial charge in [0.15, 0.2) is 0 Å². The van der Waals surface area contributed by atoms with Gasteiger partial charge in [-0.15, -0.1) is 0 Å². The SMILES string of the molecule is [CH2]CC[CH]N1CCCCC1. The monoisotopic (exact) mass is 139 g/mol. The van der Waals surface area contributed by atoms with Gasteiger partial charge in [0.25, 0.3) is 0 Å². The van der Waals surface area contributed by atoms with Crippen molar-refractivity contribution in [3.05, 3.63) is 13.5 Å². The molecule has 1 fully saturated rings. The molecule has 0 amide bonds. The van der Waals surface area contributed by atoms with Crippen molar-refractivity contribution < 1.29 is 0 Å². The molecule has 0 aromatic carbocycles. The molecule has 1 nitrogen and oxygen atoms in total. The molecule has 0 saturated carbocycles. The van der Waals surface area contributed by atoms with Crippen molar-refractivity contribution in [3.8, 4) is 0 Å². The van der Waals surface area contributed by atoms with E-state index in [0.717, 1.165) is 12.8 Å². The Bertz CT molecular complexity index is 74.8. The molecule has 0 aromatic heterocycles. The summed E-state index contributed by atoms with van der Waals surface area (Å²) in [5.41, 5.74) is 0. The van der Waals surface area contributed by atoms with E-state index in [2.05, 4.69) is 18.4 Å². The van der Waals surface area contributed by atoms with Gasteiger partial charge in [0.2, 0.25) is 0 Å². The summed E-state index contributed by atoms with van der Waals surface area (Å²) >= 11 is 0. The largest absolute Gasteiger partial charge is 0.299 e. The first-order valence-corrected chi connectivity index (χ1v) is 4.30. The zero-order chi connectivity index (χ0) is 7.23. The highest BCUT2D eigenvalue weighted by Crippen LogP contribution is 2.11. The Balaban J connectivity index is 2.02. The molecule has 1 aliphatic heterocycles. The maximum absolute atomic E-state index is 3.81. The predicted octanol–water partition coefficient (Wildman–Crippen LogP) is 2.25. The number of nitrogens with zero attached hydrogens (tertiary/aromatic N) is 1. The first-order valence-electron chi connectivity index (χ1n) is 4.30. The smallest absolute Gasteiger partial charge is 0.0251 e. The van der Waals surface area contributed by atoms with Crippen LogP contribution in [-0.2, 0) is 0 Å². The molecule has 1 aliphatic rings. The van der Waals surface area contributed by atoms with Crippen LogP contribution in [0.2, 0.25) is 0 Å². The lowest BCUT2D eigenvalue weighted by atomic mass is 10.1. The minimum atomic E-state index is 1.04. The van der Waals surface area contributed by atoms with E-state index in [9.17, 15) is 0 Å². The molecule has 58 valence electrons. The number of hydrogen-bond acceptors (Lipinski definition) is 1. The minimum absolute atomic E-state index is 1.04. The maximum atomic E-state index is 3.81. The van der Waals surface area contributed by atoms with Gasteiger partial charge in [0.05, 0.1) is 0 Å². The summed E-state index contributed by atoms with van der Waals surface area (Å²) in [6, 6.07) is 0. The summed E-state index contributed by atoms with van der Waals surface area (Å²) < 4.78 is 0. The predicted molar refractivity (Wildman–Crippen MR) is 44.3 cm³/mol. The molecule has 0 spiro atoms. The Hall–Kier alpha value is -0.0400. The normalized spacial score (nSPS) is 21.3. The van der Waals surface area contributed by atoms with Gasteiger partial charge >= 0.3 is 0 Å². The third-order valence-electron chi connectivity index (χ3n) is 1.98. The number of unbranched alkanes of at least 4 members (excludes halogenated alkanes) is 1. The quantitative estimate of drug-likeness (QED) is 0.579. The third kappa shape index (κ3) is 2.70.